The number of unbranched alkanes of at least 4 members (excludes halogenated alkanes) is 12. The van der Waals surface area contributed by atoms with Gasteiger partial charge in [-0.3, -0.25) is 5.43 Å². The van der Waals surface area contributed by atoms with Crippen molar-refractivity contribution in [3.63, 3.8) is 0 Å². The van der Waals surface area contributed by atoms with Gasteiger partial charge >= 0.3 is 0 Å². The maximum absolute atomic E-state index is 9.52. The highest BCUT2D eigenvalue weighted by Crippen LogP contribution is 2.10. The Morgan fingerprint density at radius 3 is 1.58 bits per heavy atom. The van der Waals surface area contributed by atoms with Gasteiger partial charge in [0, 0.05) is 6.54 Å². The molecular formula is C22H46N2O2. The smallest absolute Gasteiger partial charge is 0.119 e. The van der Waals surface area contributed by atoms with Crippen LogP contribution < -0.4 is 5.43 Å². The highest BCUT2D eigenvalue weighted by molar-refractivity contribution is 4.81. The van der Waals surface area contributed by atoms with Crippen molar-refractivity contribution in [2.75, 3.05) is 6.54 Å². The zero-order valence-electron chi connectivity index (χ0n) is 17.8. The van der Waals surface area contributed by atoms with E-state index in [1.807, 2.05) is 0 Å². The molecule has 26 heavy (non-hydrogen) atoms. The summed E-state index contributed by atoms with van der Waals surface area (Å²) in [6, 6.07) is 0. The second-order valence-corrected chi connectivity index (χ2v) is 7.52. The zero-order chi connectivity index (χ0) is 19.5. The SMILES string of the molecule is CCCCCCCC/C=C\CCCCCCCCNN(C(C)O)C(C)O. The Kier molecular flexibility index (Phi) is 19.0. The number of aliphatic hydroxyl groups is 2. The van der Waals surface area contributed by atoms with Crippen molar-refractivity contribution < 1.29 is 10.2 Å². The summed E-state index contributed by atoms with van der Waals surface area (Å²) in [6.45, 7) is 6.38. The van der Waals surface area contributed by atoms with Crippen LogP contribution in [0, 0.1) is 0 Å². The van der Waals surface area contributed by atoms with E-state index < -0.39 is 12.5 Å². The van der Waals surface area contributed by atoms with E-state index in [-0.39, 0.29) is 0 Å². The number of rotatable bonds is 19. The molecule has 0 aliphatic carbocycles. The van der Waals surface area contributed by atoms with Crippen LogP contribution in [0.5, 0.6) is 0 Å². The number of hydrogen-bond acceptors (Lipinski definition) is 4. The molecule has 0 heterocycles. The van der Waals surface area contributed by atoms with E-state index in [2.05, 4.69) is 24.5 Å². The Balaban J connectivity index is 3.27. The second-order valence-electron chi connectivity index (χ2n) is 7.52. The minimum atomic E-state index is -0.677. The number of nitrogens with one attached hydrogen (secondary N) is 1. The van der Waals surface area contributed by atoms with Crippen molar-refractivity contribution in [1.29, 1.82) is 0 Å². The van der Waals surface area contributed by atoms with E-state index in [4.69, 9.17) is 0 Å². The summed E-state index contributed by atoms with van der Waals surface area (Å²) < 4.78 is 0. The van der Waals surface area contributed by atoms with Crippen molar-refractivity contribution in [3.8, 4) is 0 Å². The van der Waals surface area contributed by atoms with Crippen molar-refractivity contribution in [1.82, 2.24) is 10.4 Å². The van der Waals surface area contributed by atoms with Crippen LogP contribution in [0.15, 0.2) is 12.2 Å². The average molecular weight is 371 g/mol. The van der Waals surface area contributed by atoms with Gasteiger partial charge in [0.05, 0.1) is 0 Å². The second kappa shape index (κ2) is 19.3. The molecule has 0 rings (SSSR count). The number of hydrazine groups is 1. The Morgan fingerprint density at radius 1 is 0.692 bits per heavy atom. The molecule has 0 spiro atoms. The third-order valence-corrected chi connectivity index (χ3v) is 4.79. The Morgan fingerprint density at radius 2 is 1.12 bits per heavy atom. The summed E-state index contributed by atoms with van der Waals surface area (Å²) in [7, 11) is 0. The number of allylic oxidation sites excluding steroid dienone is 2. The first-order chi connectivity index (χ1) is 12.6. The fourth-order valence-corrected chi connectivity index (χ4v) is 3.16. The van der Waals surface area contributed by atoms with Crippen LogP contribution in [0.2, 0.25) is 0 Å². The van der Waals surface area contributed by atoms with Gasteiger partial charge in [-0.2, -0.15) is 5.01 Å². The van der Waals surface area contributed by atoms with Crippen LogP contribution in [0.4, 0.5) is 0 Å². The number of hydrogen-bond donors (Lipinski definition) is 3. The standard InChI is InChI=1S/C22H46N2O2/c1-4-5-6-7-8-9-10-11-12-13-14-15-16-17-18-19-20-23-24(21(2)25)22(3)26/h11-12,21-23,25-26H,4-10,13-20H2,1-3H3/b12-11-. The van der Waals surface area contributed by atoms with Crippen molar-refractivity contribution in [2.24, 2.45) is 0 Å². The molecule has 0 aromatic rings. The normalized spacial score (nSPS) is 14.4. The first-order valence-electron chi connectivity index (χ1n) is 11.1. The van der Waals surface area contributed by atoms with E-state index in [1.54, 1.807) is 13.8 Å². The van der Waals surface area contributed by atoms with Crippen molar-refractivity contribution in [2.45, 2.75) is 123 Å². The molecule has 0 radical (unpaired) electrons. The molecule has 0 saturated carbocycles. The number of nitrogens with zero attached hydrogens (tertiary/aromatic N) is 1. The Bertz CT molecular complexity index is 299. The third-order valence-electron chi connectivity index (χ3n) is 4.79. The van der Waals surface area contributed by atoms with E-state index in [9.17, 15) is 10.2 Å². The van der Waals surface area contributed by atoms with Gasteiger partial charge in [-0.1, -0.05) is 76.9 Å². The van der Waals surface area contributed by atoms with Gasteiger partial charge in [0.2, 0.25) is 0 Å². The van der Waals surface area contributed by atoms with Gasteiger partial charge in [-0.15, -0.1) is 0 Å². The van der Waals surface area contributed by atoms with E-state index in [0.29, 0.717) is 0 Å². The summed E-state index contributed by atoms with van der Waals surface area (Å²) in [6.07, 6.45) is 21.7. The molecule has 0 aliphatic rings. The molecule has 2 atom stereocenters. The number of aliphatic hydroxyl groups excluding tert-OH is 2. The molecule has 0 fully saturated rings. The van der Waals surface area contributed by atoms with Gasteiger partial charge < -0.3 is 10.2 Å². The quantitative estimate of drug-likeness (QED) is 0.121. The third kappa shape index (κ3) is 17.0. The molecule has 4 nitrogen and oxygen atoms in total. The zero-order valence-corrected chi connectivity index (χ0v) is 17.8. The largest absolute Gasteiger partial charge is 0.377 e. The van der Waals surface area contributed by atoms with Crippen LogP contribution in [-0.2, 0) is 0 Å². The van der Waals surface area contributed by atoms with Crippen LogP contribution in [0.1, 0.15) is 111 Å². The Labute approximate surface area is 163 Å². The van der Waals surface area contributed by atoms with Crippen LogP contribution in [0.3, 0.4) is 0 Å². The van der Waals surface area contributed by atoms with E-state index in [1.165, 1.54) is 88.5 Å². The van der Waals surface area contributed by atoms with E-state index in [0.717, 1.165) is 13.0 Å². The molecule has 0 aromatic heterocycles. The average Bonchev–Trinajstić information content (AvgIpc) is 2.60. The predicted octanol–water partition coefficient (Wildman–Crippen LogP) is 5.51. The molecule has 0 amide bonds. The molecule has 0 saturated heterocycles. The minimum absolute atomic E-state index is 0.677. The van der Waals surface area contributed by atoms with Gasteiger partial charge in [-0.05, 0) is 46.0 Å². The van der Waals surface area contributed by atoms with Gasteiger partial charge in [-0.25, -0.2) is 0 Å². The predicted molar refractivity (Wildman–Crippen MR) is 113 cm³/mol. The molecule has 4 heteroatoms. The molecule has 3 N–H and O–H groups in total. The van der Waals surface area contributed by atoms with Gasteiger partial charge in [0.25, 0.3) is 0 Å². The lowest BCUT2D eigenvalue weighted by molar-refractivity contribution is -0.116. The topological polar surface area (TPSA) is 55.7 Å². The monoisotopic (exact) mass is 370 g/mol. The fourth-order valence-electron chi connectivity index (χ4n) is 3.16. The lowest BCUT2D eigenvalue weighted by atomic mass is 10.1. The van der Waals surface area contributed by atoms with Crippen molar-refractivity contribution in [3.05, 3.63) is 12.2 Å². The van der Waals surface area contributed by atoms with Crippen molar-refractivity contribution >= 4 is 0 Å². The maximum atomic E-state index is 9.52. The van der Waals surface area contributed by atoms with Gasteiger partial charge in [0.1, 0.15) is 12.5 Å². The highest BCUT2D eigenvalue weighted by atomic mass is 16.3. The van der Waals surface area contributed by atoms with Crippen LogP contribution in [-0.4, -0.2) is 34.2 Å². The molecule has 0 aliphatic heterocycles. The first kappa shape index (κ1) is 25.6. The molecule has 0 bridgehead atoms. The summed E-state index contributed by atoms with van der Waals surface area (Å²) in [4.78, 5) is 0. The fraction of sp³-hybridized carbons (Fsp3) is 0.909. The van der Waals surface area contributed by atoms with Crippen LogP contribution in [0.25, 0.3) is 0 Å². The lowest BCUT2D eigenvalue weighted by Gasteiger charge is -2.28. The maximum Gasteiger partial charge on any atom is 0.119 e. The van der Waals surface area contributed by atoms with Crippen LogP contribution >= 0.6 is 0 Å². The summed E-state index contributed by atoms with van der Waals surface area (Å²) in [5, 5.41) is 20.5. The Hall–Kier alpha value is -0.420. The molecule has 0 aromatic carbocycles. The molecular weight excluding hydrogens is 324 g/mol. The molecule has 2 unspecified atom stereocenters. The summed E-state index contributed by atoms with van der Waals surface area (Å²) >= 11 is 0. The molecule has 156 valence electrons. The first-order valence-corrected chi connectivity index (χ1v) is 11.1. The lowest BCUT2D eigenvalue weighted by Crippen LogP contribution is -2.49. The minimum Gasteiger partial charge on any atom is -0.377 e. The summed E-state index contributed by atoms with van der Waals surface area (Å²) in [5.74, 6) is 0. The van der Waals surface area contributed by atoms with E-state index >= 15 is 0 Å². The summed E-state index contributed by atoms with van der Waals surface area (Å²) in [5.41, 5.74) is 3.09. The van der Waals surface area contributed by atoms with Gasteiger partial charge in [0.15, 0.2) is 0 Å². The highest BCUT2D eigenvalue weighted by Gasteiger charge is 2.14.